The average molecular weight is 354 g/mol. The molecule has 5 nitrogen and oxygen atoms in total. The van der Waals surface area contributed by atoms with Crippen LogP contribution in [-0.2, 0) is 0 Å². The zero-order chi connectivity index (χ0) is 14.7. The molecule has 0 bridgehead atoms. The fraction of sp³-hybridized carbons (Fsp3) is 0. The third-order valence-corrected chi connectivity index (χ3v) is 3.38. The van der Waals surface area contributed by atoms with Crippen molar-refractivity contribution in [3.8, 4) is 17.7 Å². The molecular weight excluding hydrogens is 348 g/mol. The summed E-state index contributed by atoms with van der Waals surface area (Å²) in [6.45, 7) is 0. The van der Waals surface area contributed by atoms with Crippen molar-refractivity contribution in [2.75, 3.05) is 0 Å². The monoisotopic (exact) mass is 352 g/mol. The summed E-state index contributed by atoms with van der Waals surface area (Å²) >= 11 is 9.22. The molecule has 20 heavy (non-hydrogen) atoms. The number of nitrogens with zero attached hydrogens (tertiary/aromatic N) is 2. The molecule has 2 aromatic rings. The van der Waals surface area contributed by atoms with Gasteiger partial charge in [-0.15, -0.1) is 0 Å². The second-order valence-electron chi connectivity index (χ2n) is 3.64. The third kappa shape index (κ3) is 2.90. The minimum Gasteiger partial charge on any atom is -0.478 e. The average Bonchev–Trinajstić information content (AvgIpc) is 2.43. The van der Waals surface area contributed by atoms with Crippen LogP contribution < -0.4 is 4.74 Å². The summed E-state index contributed by atoms with van der Waals surface area (Å²) in [5, 5.41) is 17.9. The predicted octanol–water partition coefficient (Wildman–Crippen LogP) is 3.86. The molecule has 0 spiro atoms. The minimum absolute atomic E-state index is 0.0361. The Labute approximate surface area is 127 Å². The molecule has 0 aliphatic heterocycles. The van der Waals surface area contributed by atoms with Gasteiger partial charge in [-0.1, -0.05) is 11.6 Å². The molecule has 1 N–H and O–H groups in total. The SMILES string of the molecule is N#Cc1ccnc(Oc2cc(C(=O)O)ccc2Br)c1Cl. The molecule has 0 radical (unpaired) electrons. The van der Waals surface area contributed by atoms with Gasteiger partial charge in [0, 0.05) is 6.20 Å². The highest BCUT2D eigenvalue weighted by molar-refractivity contribution is 9.10. The van der Waals surface area contributed by atoms with E-state index in [1.165, 1.54) is 24.4 Å². The number of carboxylic acids is 1. The lowest BCUT2D eigenvalue weighted by molar-refractivity contribution is 0.0696. The molecule has 0 aliphatic carbocycles. The standard InChI is InChI=1S/C13H6BrClN2O3/c14-9-2-1-7(13(18)19)5-10(9)20-12-11(15)8(6-16)3-4-17-12/h1-5H,(H,18,19). The van der Waals surface area contributed by atoms with Crippen LogP contribution in [0.4, 0.5) is 0 Å². The zero-order valence-electron chi connectivity index (χ0n) is 9.80. The Balaban J connectivity index is 2.43. The lowest BCUT2D eigenvalue weighted by Gasteiger charge is -2.09. The van der Waals surface area contributed by atoms with E-state index in [4.69, 9.17) is 26.7 Å². The van der Waals surface area contributed by atoms with E-state index in [1.54, 1.807) is 6.07 Å². The number of carbonyl (C=O) groups is 1. The Kier molecular flexibility index (Phi) is 4.23. The number of carboxylic acid groups (broad SMARTS) is 1. The van der Waals surface area contributed by atoms with Crippen LogP contribution in [0, 0.1) is 11.3 Å². The molecule has 1 heterocycles. The van der Waals surface area contributed by atoms with Crippen LogP contribution in [0.5, 0.6) is 11.6 Å². The van der Waals surface area contributed by atoms with Gasteiger partial charge in [-0.25, -0.2) is 9.78 Å². The van der Waals surface area contributed by atoms with Crippen molar-refractivity contribution >= 4 is 33.5 Å². The number of benzene rings is 1. The maximum Gasteiger partial charge on any atom is 0.335 e. The Bertz CT molecular complexity index is 728. The Morgan fingerprint density at radius 1 is 1.45 bits per heavy atom. The van der Waals surface area contributed by atoms with Crippen molar-refractivity contribution in [3.63, 3.8) is 0 Å². The number of aromatic carboxylic acids is 1. The molecule has 0 saturated carbocycles. The first-order chi connectivity index (χ1) is 9.52. The number of pyridine rings is 1. The molecule has 0 amide bonds. The number of hydrogen-bond donors (Lipinski definition) is 1. The summed E-state index contributed by atoms with van der Waals surface area (Å²) in [7, 11) is 0. The topological polar surface area (TPSA) is 83.2 Å². The maximum atomic E-state index is 10.9. The van der Waals surface area contributed by atoms with E-state index in [2.05, 4.69) is 20.9 Å². The second-order valence-corrected chi connectivity index (χ2v) is 4.87. The van der Waals surface area contributed by atoms with Gasteiger partial charge in [0.05, 0.1) is 15.6 Å². The molecule has 100 valence electrons. The van der Waals surface area contributed by atoms with Crippen LogP contribution in [0.2, 0.25) is 5.02 Å². The zero-order valence-corrected chi connectivity index (χ0v) is 12.1. The van der Waals surface area contributed by atoms with E-state index in [-0.39, 0.29) is 27.8 Å². The summed E-state index contributed by atoms with van der Waals surface area (Å²) in [4.78, 5) is 14.9. The summed E-state index contributed by atoms with van der Waals surface area (Å²) in [5.41, 5.74) is 0.290. The summed E-state index contributed by atoms with van der Waals surface area (Å²) in [5.74, 6) is -0.796. The highest BCUT2D eigenvalue weighted by atomic mass is 79.9. The number of ether oxygens (including phenoxy) is 1. The highest BCUT2D eigenvalue weighted by Gasteiger charge is 2.13. The van der Waals surface area contributed by atoms with Gasteiger partial charge in [0.1, 0.15) is 16.8 Å². The van der Waals surface area contributed by atoms with E-state index in [0.717, 1.165) is 0 Å². The highest BCUT2D eigenvalue weighted by Crippen LogP contribution is 2.34. The van der Waals surface area contributed by atoms with Crippen molar-refractivity contribution in [1.29, 1.82) is 5.26 Å². The minimum atomic E-state index is -1.08. The molecule has 0 unspecified atom stereocenters. The number of rotatable bonds is 3. The second kappa shape index (κ2) is 5.90. The van der Waals surface area contributed by atoms with E-state index in [1.807, 2.05) is 6.07 Å². The van der Waals surface area contributed by atoms with Gasteiger partial charge in [-0.2, -0.15) is 5.26 Å². The predicted molar refractivity (Wildman–Crippen MR) is 75.1 cm³/mol. The van der Waals surface area contributed by atoms with Crippen molar-refractivity contribution in [3.05, 3.63) is 51.1 Å². The summed E-state index contributed by atoms with van der Waals surface area (Å²) < 4.78 is 6.01. The quantitative estimate of drug-likeness (QED) is 0.906. The molecule has 0 aliphatic rings. The number of halogens is 2. The molecule has 1 aromatic carbocycles. The van der Waals surface area contributed by atoms with Crippen LogP contribution in [0.1, 0.15) is 15.9 Å². The Hall–Kier alpha value is -2.10. The van der Waals surface area contributed by atoms with E-state index in [0.29, 0.717) is 4.47 Å². The Morgan fingerprint density at radius 3 is 2.85 bits per heavy atom. The van der Waals surface area contributed by atoms with Gasteiger partial charge in [0.2, 0.25) is 5.88 Å². The smallest absolute Gasteiger partial charge is 0.335 e. The maximum absolute atomic E-state index is 10.9. The first-order valence-electron chi connectivity index (χ1n) is 5.28. The summed E-state index contributed by atoms with van der Waals surface area (Å²) in [6, 6.07) is 7.67. The van der Waals surface area contributed by atoms with Gasteiger partial charge in [-0.3, -0.25) is 0 Å². The van der Waals surface area contributed by atoms with Crippen LogP contribution in [0.3, 0.4) is 0 Å². The largest absolute Gasteiger partial charge is 0.478 e. The van der Waals surface area contributed by atoms with Gasteiger partial charge in [0.25, 0.3) is 0 Å². The normalized spacial score (nSPS) is 9.85. The van der Waals surface area contributed by atoms with Gasteiger partial charge in [-0.05, 0) is 40.2 Å². The number of nitriles is 1. The Morgan fingerprint density at radius 2 is 2.20 bits per heavy atom. The van der Waals surface area contributed by atoms with Crippen LogP contribution in [0.15, 0.2) is 34.9 Å². The lowest BCUT2D eigenvalue weighted by Crippen LogP contribution is -1.98. The molecular formula is C13H6BrClN2O3. The number of hydrogen-bond acceptors (Lipinski definition) is 4. The lowest BCUT2D eigenvalue weighted by atomic mass is 10.2. The molecule has 0 atom stereocenters. The first-order valence-corrected chi connectivity index (χ1v) is 6.45. The molecule has 0 saturated heterocycles. The van der Waals surface area contributed by atoms with Gasteiger partial charge >= 0.3 is 5.97 Å². The van der Waals surface area contributed by atoms with Crippen LogP contribution in [0.25, 0.3) is 0 Å². The van der Waals surface area contributed by atoms with Crippen molar-refractivity contribution in [2.24, 2.45) is 0 Å². The molecule has 2 rings (SSSR count). The fourth-order valence-electron chi connectivity index (χ4n) is 1.40. The van der Waals surface area contributed by atoms with Gasteiger partial charge < -0.3 is 9.84 Å². The van der Waals surface area contributed by atoms with E-state index >= 15 is 0 Å². The fourth-order valence-corrected chi connectivity index (χ4v) is 1.92. The molecule has 1 aromatic heterocycles. The van der Waals surface area contributed by atoms with Crippen molar-refractivity contribution in [1.82, 2.24) is 4.98 Å². The number of aromatic nitrogens is 1. The third-order valence-electron chi connectivity index (χ3n) is 2.36. The molecule has 7 heteroatoms. The van der Waals surface area contributed by atoms with Crippen molar-refractivity contribution < 1.29 is 14.6 Å². The summed E-state index contributed by atoms with van der Waals surface area (Å²) in [6.07, 6.45) is 1.38. The van der Waals surface area contributed by atoms with E-state index < -0.39 is 5.97 Å². The first kappa shape index (κ1) is 14.3. The van der Waals surface area contributed by atoms with Crippen molar-refractivity contribution in [2.45, 2.75) is 0 Å². The van der Waals surface area contributed by atoms with Crippen LogP contribution in [-0.4, -0.2) is 16.1 Å². The van der Waals surface area contributed by atoms with E-state index in [9.17, 15) is 4.79 Å². The van der Waals surface area contributed by atoms with Gasteiger partial charge in [0.15, 0.2) is 0 Å². The van der Waals surface area contributed by atoms with Crippen LogP contribution >= 0.6 is 27.5 Å². The molecule has 0 fully saturated rings.